The van der Waals surface area contributed by atoms with Gasteiger partial charge in [0.2, 0.25) is 0 Å². The van der Waals surface area contributed by atoms with Crippen LogP contribution < -0.4 is 4.74 Å². The van der Waals surface area contributed by atoms with Crippen LogP contribution >= 0.6 is 0 Å². The Morgan fingerprint density at radius 3 is 3.04 bits per heavy atom. The van der Waals surface area contributed by atoms with Crippen molar-refractivity contribution in [3.8, 4) is 5.75 Å². The smallest absolute Gasteiger partial charge is 0.254 e. The summed E-state index contributed by atoms with van der Waals surface area (Å²) in [6.07, 6.45) is 3.54. The van der Waals surface area contributed by atoms with Crippen LogP contribution in [0.4, 0.5) is 0 Å². The third kappa shape index (κ3) is 3.79. The first kappa shape index (κ1) is 17.4. The first-order valence-electron chi connectivity index (χ1n) is 8.49. The molecule has 1 saturated heterocycles. The number of ether oxygens (including phenoxy) is 1. The van der Waals surface area contributed by atoms with E-state index in [1.54, 1.807) is 19.4 Å². The molecule has 1 unspecified atom stereocenters. The molecule has 1 atom stereocenters. The fraction of sp³-hybridized carbons (Fsp3) is 0.421. The summed E-state index contributed by atoms with van der Waals surface area (Å²) in [7, 11) is 1.59. The van der Waals surface area contributed by atoms with Crippen molar-refractivity contribution in [3.63, 3.8) is 0 Å². The molecule has 0 aliphatic carbocycles. The molecule has 2 heterocycles. The molecule has 1 aromatic heterocycles. The summed E-state index contributed by atoms with van der Waals surface area (Å²) in [6.45, 7) is 3.08. The van der Waals surface area contributed by atoms with Crippen LogP contribution in [0.5, 0.6) is 5.75 Å². The molecule has 3 rings (SSSR count). The molecule has 0 radical (unpaired) electrons. The molecular weight excluding hydrogens is 318 g/mol. The number of hydrogen-bond donors (Lipinski definition) is 1. The van der Waals surface area contributed by atoms with Gasteiger partial charge in [-0.05, 0) is 38.0 Å². The Morgan fingerprint density at radius 1 is 1.44 bits per heavy atom. The molecule has 0 saturated carbocycles. The van der Waals surface area contributed by atoms with Crippen LogP contribution in [0.15, 0.2) is 30.5 Å². The summed E-state index contributed by atoms with van der Waals surface area (Å²) in [5.41, 5.74) is 2.23. The second-order valence-electron chi connectivity index (χ2n) is 6.31. The third-order valence-corrected chi connectivity index (χ3v) is 4.60. The van der Waals surface area contributed by atoms with Crippen molar-refractivity contribution in [1.29, 1.82) is 0 Å². The number of carbonyl (C=O) groups is 1. The quantitative estimate of drug-likeness (QED) is 0.923. The Kier molecular flexibility index (Phi) is 5.28. The highest BCUT2D eigenvalue weighted by atomic mass is 16.5. The van der Waals surface area contributed by atoms with E-state index in [2.05, 4.69) is 9.97 Å². The first-order valence-corrected chi connectivity index (χ1v) is 8.49. The lowest BCUT2D eigenvalue weighted by Gasteiger charge is -2.33. The van der Waals surface area contributed by atoms with E-state index < -0.39 is 0 Å². The van der Waals surface area contributed by atoms with Crippen molar-refractivity contribution in [2.75, 3.05) is 20.2 Å². The van der Waals surface area contributed by atoms with Crippen LogP contribution in [0.1, 0.15) is 46.2 Å². The number of aryl methyl sites for hydroxylation is 1. The summed E-state index contributed by atoms with van der Waals surface area (Å²) in [5.74, 6) is 1.48. The maximum Gasteiger partial charge on any atom is 0.254 e. The highest BCUT2D eigenvalue weighted by Crippen LogP contribution is 2.29. The molecule has 0 spiro atoms. The van der Waals surface area contributed by atoms with Crippen molar-refractivity contribution < 1.29 is 14.6 Å². The largest absolute Gasteiger partial charge is 0.497 e. The van der Waals surface area contributed by atoms with Gasteiger partial charge in [-0.1, -0.05) is 6.07 Å². The van der Waals surface area contributed by atoms with Gasteiger partial charge in [0.25, 0.3) is 5.91 Å². The van der Waals surface area contributed by atoms with E-state index in [-0.39, 0.29) is 18.4 Å². The lowest BCUT2D eigenvalue weighted by atomic mass is 9.91. The molecule has 1 N–H and O–H groups in total. The van der Waals surface area contributed by atoms with E-state index in [1.165, 1.54) is 0 Å². The number of likely N-dealkylation sites (tertiary alicyclic amines) is 1. The fourth-order valence-corrected chi connectivity index (χ4v) is 3.31. The number of nitrogens with zero attached hydrogens (tertiary/aromatic N) is 3. The number of carbonyl (C=O) groups excluding carboxylic acids is 1. The number of aliphatic hydroxyl groups excluding tert-OH is 1. The normalized spacial score (nSPS) is 17.4. The standard InChI is InChI=1S/C19H23N3O3/c1-13-20-10-16(12-23)18(21-13)15-6-4-8-22(11-15)19(24)14-5-3-7-17(9-14)25-2/h3,5,7,9-10,15,23H,4,6,8,11-12H2,1-2H3. The summed E-state index contributed by atoms with van der Waals surface area (Å²) in [5, 5.41) is 9.58. The molecule has 1 aromatic carbocycles. The first-order chi connectivity index (χ1) is 12.1. The minimum Gasteiger partial charge on any atom is -0.497 e. The van der Waals surface area contributed by atoms with Crippen molar-refractivity contribution in [1.82, 2.24) is 14.9 Å². The molecule has 6 heteroatoms. The van der Waals surface area contributed by atoms with E-state index >= 15 is 0 Å². The van der Waals surface area contributed by atoms with E-state index in [9.17, 15) is 9.90 Å². The molecule has 1 aliphatic rings. The molecule has 25 heavy (non-hydrogen) atoms. The molecule has 6 nitrogen and oxygen atoms in total. The Bertz CT molecular complexity index is 763. The fourth-order valence-electron chi connectivity index (χ4n) is 3.31. The maximum atomic E-state index is 12.9. The zero-order chi connectivity index (χ0) is 17.8. The summed E-state index contributed by atoms with van der Waals surface area (Å²) < 4.78 is 5.21. The Morgan fingerprint density at radius 2 is 2.28 bits per heavy atom. The van der Waals surface area contributed by atoms with Gasteiger partial charge in [0.05, 0.1) is 19.4 Å². The van der Waals surface area contributed by atoms with Gasteiger partial charge in [-0.2, -0.15) is 0 Å². The van der Waals surface area contributed by atoms with E-state index in [1.807, 2.05) is 30.0 Å². The van der Waals surface area contributed by atoms with Crippen LogP contribution in [-0.2, 0) is 6.61 Å². The molecule has 0 bridgehead atoms. The zero-order valence-corrected chi connectivity index (χ0v) is 14.6. The van der Waals surface area contributed by atoms with Gasteiger partial charge in [-0.15, -0.1) is 0 Å². The summed E-state index contributed by atoms with van der Waals surface area (Å²) >= 11 is 0. The minimum atomic E-state index is -0.0874. The van der Waals surface area contributed by atoms with Crippen LogP contribution in [-0.4, -0.2) is 46.1 Å². The van der Waals surface area contributed by atoms with E-state index in [0.717, 1.165) is 30.6 Å². The summed E-state index contributed by atoms with van der Waals surface area (Å²) in [4.78, 5) is 23.4. The Hall–Kier alpha value is -2.47. The van der Waals surface area contributed by atoms with Crippen molar-refractivity contribution >= 4 is 5.91 Å². The minimum absolute atomic E-state index is 0.0000680. The SMILES string of the molecule is COc1cccc(C(=O)N2CCCC(c3nc(C)ncc3CO)C2)c1. The number of aromatic nitrogens is 2. The number of rotatable bonds is 4. The van der Waals surface area contributed by atoms with Gasteiger partial charge in [0.15, 0.2) is 0 Å². The summed E-state index contributed by atoms with van der Waals surface area (Å²) in [6, 6.07) is 7.22. The number of hydrogen-bond acceptors (Lipinski definition) is 5. The van der Waals surface area contributed by atoms with Crippen molar-refractivity contribution in [2.45, 2.75) is 32.3 Å². The van der Waals surface area contributed by atoms with Gasteiger partial charge in [0, 0.05) is 36.3 Å². The topological polar surface area (TPSA) is 75.5 Å². The van der Waals surface area contributed by atoms with Crippen LogP contribution in [0.25, 0.3) is 0 Å². The Balaban J connectivity index is 1.81. The highest BCUT2D eigenvalue weighted by Gasteiger charge is 2.28. The average Bonchev–Trinajstić information content (AvgIpc) is 2.67. The number of benzene rings is 1. The molecule has 1 aliphatic heterocycles. The second kappa shape index (κ2) is 7.61. The van der Waals surface area contributed by atoms with Crippen LogP contribution in [0, 0.1) is 6.92 Å². The van der Waals surface area contributed by atoms with Crippen LogP contribution in [0.3, 0.4) is 0 Å². The molecular formula is C19H23N3O3. The molecule has 132 valence electrons. The molecule has 2 aromatic rings. The van der Waals surface area contributed by atoms with E-state index in [0.29, 0.717) is 23.7 Å². The maximum absolute atomic E-state index is 12.9. The monoisotopic (exact) mass is 341 g/mol. The van der Waals surface area contributed by atoms with Gasteiger partial charge >= 0.3 is 0 Å². The predicted molar refractivity (Wildman–Crippen MR) is 93.6 cm³/mol. The van der Waals surface area contributed by atoms with E-state index in [4.69, 9.17) is 4.74 Å². The number of aliphatic hydroxyl groups is 1. The number of piperidine rings is 1. The lowest BCUT2D eigenvalue weighted by Crippen LogP contribution is -2.39. The van der Waals surface area contributed by atoms with Gasteiger partial charge in [-0.25, -0.2) is 9.97 Å². The van der Waals surface area contributed by atoms with Gasteiger partial charge in [-0.3, -0.25) is 4.79 Å². The lowest BCUT2D eigenvalue weighted by molar-refractivity contribution is 0.0705. The number of methoxy groups -OCH3 is 1. The van der Waals surface area contributed by atoms with Gasteiger partial charge < -0.3 is 14.7 Å². The van der Waals surface area contributed by atoms with Crippen molar-refractivity contribution in [2.24, 2.45) is 0 Å². The third-order valence-electron chi connectivity index (χ3n) is 4.60. The van der Waals surface area contributed by atoms with Gasteiger partial charge in [0.1, 0.15) is 11.6 Å². The second-order valence-corrected chi connectivity index (χ2v) is 6.31. The van der Waals surface area contributed by atoms with Crippen LogP contribution in [0.2, 0.25) is 0 Å². The predicted octanol–water partition coefficient (Wildman–Crippen LogP) is 2.31. The van der Waals surface area contributed by atoms with Crippen molar-refractivity contribution in [3.05, 3.63) is 53.1 Å². The number of amides is 1. The Labute approximate surface area is 147 Å². The molecule has 1 amide bonds. The average molecular weight is 341 g/mol. The molecule has 1 fully saturated rings. The zero-order valence-electron chi connectivity index (χ0n) is 14.6. The highest BCUT2D eigenvalue weighted by molar-refractivity contribution is 5.94.